The number of ether oxygens (including phenoxy) is 2. The summed E-state index contributed by atoms with van der Waals surface area (Å²) in [7, 11) is 0. The summed E-state index contributed by atoms with van der Waals surface area (Å²) in [5.41, 5.74) is 6.26. The van der Waals surface area contributed by atoms with Gasteiger partial charge in [-0.25, -0.2) is 0 Å². The zero-order valence-corrected chi connectivity index (χ0v) is 11.5. The molecule has 0 saturated heterocycles. The van der Waals surface area contributed by atoms with Gasteiger partial charge >= 0.3 is 0 Å². The number of aliphatic hydroxyl groups excluding tert-OH is 1. The fourth-order valence-electron chi connectivity index (χ4n) is 1.51. The maximum Gasteiger partial charge on any atom is 0.142 e. The fourth-order valence-corrected chi connectivity index (χ4v) is 1.67. The van der Waals surface area contributed by atoms with Crippen LogP contribution in [0.1, 0.15) is 0 Å². The van der Waals surface area contributed by atoms with Crippen molar-refractivity contribution in [1.29, 1.82) is 0 Å². The zero-order valence-electron chi connectivity index (χ0n) is 10.7. The number of benzene rings is 1. The third kappa shape index (κ3) is 4.29. The van der Waals surface area contributed by atoms with Crippen LogP contribution in [0.2, 0.25) is 5.02 Å². The van der Waals surface area contributed by atoms with Gasteiger partial charge in [0.1, 0.15) is 30.8 Å². The third-order valence-corrected chi connectivity index (χ3v) is 2.68. The van der Waals surface area contributed by atoms with Crippen molar-refractivity contribution in [3.8, 4) is 11.5 Å². The third-order valence-electron chi connectivity index (χ3n) is 2.47. The number of aromatic nitrogens is 1. The summed E-state index contributed by atoms with van der Waals surface area (Å²) in [6.07, 6.45) is 2.24. The molecule has 20 heavy (non-hydrogen) atoms. The van der Waals surface area contributed by atoms with Crippen molar-refractivity contribution in [3.05, 3.63) is 47.7 Å². The Balaban J connectivity index is 1.78. The van der Waals surface area contributed by atoms with Crippen molar-refractivity contribution in [3.63, 3.8) is 0 Å². The number of rotatable bonds is 6. The number of nitrogen functional groups attached to an aromatic ring is 1. The van der Waals surface area contributed by atoms with E-state index in [1.54, 1.807) is 18.2 Å². The second-order valence-corrected chi connectivity index (χ2v) is 4.59. The Kier molecular flexibility index (Phi) is 5.03. The van der Waals surface area contributed by atoms with E-state index in [-0.39, 0.29) is 13.2 Å². The number of nitrogens with zero attached hydrogens (tertiary/aromatic N) is 1. The highest BCUT2D eigenvalue weighted by molar-refractivity contribution is 6.30. The molecule has 2 aromatic rings. The average Bonchev–Trinajstić information content (AvgIpc) is 2.44. The molecule has 0 bridgehead atoms. The van der Waals surface area contributed by atoms with Crippen LogP contribution >= 0.6 is 11.6 Å². The SMILES string of the molecule is Nc1ccccc1OCC(O)COc1cncc(Cl)c1. The molecular formula is C14H15ClN2O3. The van der Waals surface area contributed by atoms with Gasteiger partial charge in [-0.3, -0.25) is 4.98 Å². The maximum atomic E-state index is 9.79. The molecule has 0 radical (unpaired) electrons. The predicted molar refractivity (Wildman–Crippen MR) is 77.1 cm³/mol. The van der Waals surface area contributed by atoms with Crippen LogP contribution in [0.3, 0.4) is 0 Å². The topological polar surface area (TPSA) is 77.6 Å². The van der Waals surface area contributed by atoms with Crippen LogP contribution in [0.25, 0.3) is 0 Å². The number of hydrogen-bond acceptors (Lipinski definition) is 5. The van der Waals surface area contributed by atoms with Crippen LogP contribution in [0.4, 0.5) is 5.69 Å². The molecule has 0 aliphatic rings. The van der Waals surface area contributed by atoms with Crippen molar-refractivity contribution < 1.29 is 14.6 Å². The lowest BCUT2D eigenvalue weighted by Gasteiger charge is -2.14. The van der Waals surface area contributed by atoms with Gasteiger partial charge in [-0.2, -0.15) is 0 Å². The van der Waals surface area contributed by atoms with Gasteiger partial charge in [0.15, 0.2) is 0 Å². The van der Waals surface area contributed by atoms with Crippen LogP contribution in [-0.4, -0.2) is 29.4 Å². The predicted octanol–water partition coefficient (Wildman–Crippen LogP) is 2.14. The highest BCUT2D eigenvalue weighted by Gasteiger charge is 2.08. The minimum atomic E-state index is -0.784. The van der Waals surface area contributed by atoms with E-state index in [2.05, 4.69) is 4.98 Å². The molecule has 1 heterocycles. The Labute approximate surface area is 121 Å². The minimum Gasteiger partial charge on any atom is -0.489 e. The van der Waals surface area contributed by atoms with Crippen LogP contribution in [0.5, 0.6) is 11.5 Å². The van der Waals surface area contributed by atoms with E-state index in [1.807, 2.05) is 12.1 Å². The smallest absolute Gasteiger partial charge is 0.142 e. The van der Waals surface area contributed by atoms with Gasteiger partial charge in [0.25, 0.3) is 0 Å². The molecule has 0 fully saturated rings. The first kappa shape index (κ1) is 14.4. The Morgan fingerprint density at radius 1 is 1.20 bits per heavy atom. The maximum absolute atomic E-state index is 9.79. The molecule has 0 amide bonds. The number of halogens is 1. The highest BCUT2D eigenvalue weighted by Crippen LogP contribution is 2.20. The molecule has 5 nitrogen and oxygen atoms in total. The van der Waals surface area contributed by atoms with Crippen LogP contribution < -0.4 is 15.2 Å². The summed E-state index contributed by atoms with van der Waals surface area (Å²) < 4.78 is 10.8. The molecule has 1 aromatic carbocycles. The van der Waals surface area contributed by atoms with E-state index in [0.717, 1.165) is 0 Å². The zero-order chi connectivity index (χ0) is 14.4. The summed E-state index contributed by atoms with van der Waals surface area (Å²) >= 11 is 5.78. The lowest BCUT2D eigenvalue weighted by atomic mass is 10.3. The molecule has 1 aromatic heterocycles. The monoisotopic (exact) mass is 294 g/mol. The largest absolute Gasteiger partial charge is 0.489 e. The minimum absolute atomic E-state index is 0.0781. The molecule has 0 spiro atoms. The van der Waals surface area contributed by atoms with Crippen molar-refractivity contribution >= 4 is 17.3 Å². The Hall–Kier alpha value is -1.98. The van der Waals surface area contributed by atoms with E-state index in [0.29, 0.717) is 22.2 Å². The van der Waals surface area contributed by atoms with Crippen LogP contribution in [0.15, 0.2) is 42.7 Å². The number of aliphatic hydroxyl groups is 1. The quantitative estimate of drug-likeness (QED) is 0.798. The van der Waals surface area contributed by atoms with Crippen molar-refractivity contribution in [1.82, 2.24) is 4.98 Å². The second kappa shape index (κ2) is 6.98. The molecule has 1 unspecified atom stereocenters. The van der Waals surface area contributed by atoms with Gasteiger partial charge in [-0.05, 0) is 12.1 Å². The first-order valence-corrected chi connectivity index (χ1v) is 6.41. The molecule has 1 atom stereocenters. The van der Waals surface area contributed by atoms with Gasteiger partial charge in [0.05, 0.1) is 16.9 Å². The van der Waals surface area contributed by atoms with Crippen LogP contribution in [0, 0.1) is 0 Å². The second-order valence-electron chi connectivity index (χ2n) is 4.15. The number of nitrogens with two attached hydrogens (primary N) is 1. The average molecular weight is 295 g/mol. The Bertz CT molecular complexity index is 566. The highest BCUT2D eigenvalue weighted by atomic mass is 35.5. The van der Waals surface area contributed by atoms with Gasteiger partial charge in [-0.1, -0.05) is 23.7 Å². The number of anilines is 1. The molecular weight excluding hydrogens is 280 g/mol. The van der Waals surface area contributed by atoms with E-state index >= 15 is 0 Å². The van der Waals surface area contributed by atoms with Gasteiger partial charge in [0.2, 0.25) is 0 Å². The van der Waals surface area contributed by atoms with Crippen molar-refractivity contribution in [2.45, 2.75) is 6.10 Å². The first-order chi connectivity index (χ1) is 9.65. The van der Waals surface area contributed by atoms with Crippen molar-refractivity contribution in [2.75, 3.05) is 18.9 Å². The normalized spacial score (nSPS) is 11.9. The summed E-state index contributed by atoms with van der Waals surface area (Å²) in [5, 5.41) is 10.3. The lowest BCUT2D eigenvalue weighted by Crippen LogP contribution is -2.25. The molecule has 0 aliphatic carbocycles. The Morgan fingerprint density at radius 3 is 2.70 bits per heavy atom. The molecule has 6 heteroatoms. The van der Waals surface area contributed by atoms with Crippen molar-refractivity contribution in [2.24, 2.45) is 0 Å². The van der Waals surface area contributed by atoms with E-state index in [9.17, 15) is 5.11 Å². The summed E-state index contributed by atoms with van der Waals surface area (Å²) in [6, 6.07) is 8.72. The van der Waals surface area contributed by atoms with Gasteiger partial charge in [0, 0.05) is 12.3 Å². The van der Waals surface area contributed by atoms with Gasteiger partial charge < -0.3 is 20.3 Å². The van der Waals surface area contributed by atoms with Crippen LogP contribution in [-0.2, 0) is 0 Å². The van der Waals surface area contributed by atoms with E-state index < -0.39 is 6.10 Å². The standard InChI is InChI=1S/C14H15ClN2O3/c15-10-5-12(7-17-6-10)19-8-11(18)9-20-14-4-2-1-3-13(14)16/h1-7,11,18H,8-9,16H2. The lowest BCUT2D eigenvalue weighted by molar-refractivity contribution is 0.0628. The first-order valence-electron chi connectivity index (χ1n) is 6.04. The molecule has 3 N–H and O–H groups in total. The number of hydrogen-bond donors (Lipinski definition) is 2. The fraction of sp³-hybridized carbons (Fsp3) is 0.214. The number of para-hydroxylation sites is 2. The van der Waals surface area contributed by atoms with E-state index in [4.69, 9.17) is 26.8 Å². The molecule has 0 aliphatic heterocycles. The summed E-state index contributed by atoms with van der Waals surface area (Å²) in [5.74, 6) is 1.03. The summed E-state index contributed by atoms with van der Waals surface area (Å²) in [6.45, 7) is 0.164. The molecule has 106 valence electrons. The molecule has 0 saturated carbocycles. The summed E-state index contributed by atoms with van der Waals surface area (Å²) in [4.78, 5) is 3.88. The Morgan fingerprint density at radius 2 is 1.95 bits per heavy atom. The van der Waals surface area contributed by atoms with Gasteiger partial charge in [-0.15, -0.1) is 0 Å². The van der Waals surface area contributed by atoms with E-state index in [1.165, 1.54) is 12.4 Å². The number of pyridine rings is 1. The molecule has 2 rings (SSSR count).